The molecule has 0 aliphatic heterocycles. The fourth-order valence-electron chi connectivity index (χ4n) is 1.76. The molecule has 1 unspecified atom stereocenters. The normalized spacial score (nSPS) is 13.0. The van der Waals surface area contributed by atoms with Gasteiger partial charge in [-0.1, -0.05) is 0 Å². The van der Waals surface area contributed by atoms with Crippen molar-refractivity contribution in [3.05, 3.63) is 42.7 Å². The van der Waals surface area contributed by atoms with Gasteiger partial charge in [0.15, 0.2) is 5.78 Å². The molecule has 0 N–H and O–H groups in total. The molecule has 0 radical (unpaired) electrons. The molecule has 2 rings (SSSR count). The van der Waals surface area contributed by atoms with Crippen LogP contribution in [0.5, 0.6) is 5.75 Å². The third-order valence-electron chi connectivity index (χ3n) is 3.63. The third-order valence-corrected chi connectivity index (χ3v) is 3.63. The van der Waals surface area contributed by atoms with Crippen molar-refractivity contribution in [1.82, 2.24) is 14.8 Å². The number of Topliss-reactive ketones (excluding diaryl/α,β-unsaturated/α-hetero) is 1. The Bertz CT molecular complexity index is 594. The highest BCUT2D eigenvalue weighted by Gasteiger charge is 2.35. The molecular formula is C15H18FN3O2. The minimum atomic E-state index is -0.708. The van der Waals surface area contributed by atoms with Crippen molar-refractivity contribution in [2.45, 2.75) is 33.4 Å². The predicted octanol–water partition coefficient (Wildman–Crippen LogP) is 2.48. The van der Waals surface area contributed by atoms with Crippen molar-refractivity contribution < 1.29 is 13.9 Å². The van der Waals surface area contributed by atoms with Crippen LogP contribution in [0.1, 0.15) is 20.8 Å². The standard InChI is InChI=1S/C15H18FN3O2/c1-11(21-13-6-4-12(16)5-7-13)15(2,3)14(20)8-19-10-17-9-18-19/h4-7,9-11H,8H2,1-3H3. The van der Waals surface area contributed by atoms with Crippen LogP contribution in [-0.4, -0.2) is 26.7 Å². The summed E-state index contributed by atoms with van der Waals surface area (Å²) in [7, 11) is 0. The SMILES string of the molecule is CC(Oc1ccc(F)cc1)C(C)(C)C(=O)Cn1cncn1. The Balaban J connectivity index is 2.03. The summed E-state index contributed by atoms with van der Waals surface area (Å²) in [6.45, 7) is 5.60. The molecule has 1 aromatic carbocycles. The molecule has 6 heteroatoms. The first-order valence-electron chi connectivity index (χ1n) is 6.67. The summed E-state index contributed by atoms with van der Waals surface area (Å²) in [6.07, 6.45) is 2.53. The van der Waals surface area contributed by atoms with Gasteiger partial charge >= 0.3 is 0 Å². The summed E-state index contributed by atoms with van der Waals surface area (Å²) in [6, 6.07) is 5.74. The second-order valence-corrected chi connectivity index (χ2v) is 5.45. The van der Waals surface area contributed by atoms with Crippen LogP contribution in [0.15, 0.2) is 36.9 Å². The lowest BCUT2D eigenvalue weighted by atomic mass is 9.82. The van der Waals surface area contributed by atoms with E-state index < -0.39 is 5.41 Å². The maximum absolute atomic E-state index is 12.9. The third kappa shape index (κ3) is 3.65. The molecule has 1 aromatic heterocycles. The van der Waals surface area contributed by atoms with Gasteiger partial charge in [-0.2, -0.15) is 5.10 Å². The smallest absolute Gasteiger partial charge is 0.163 e. The van der Waals surface area contributed by atoms with Gasteiger partial charge in [-0.05, 0) is 45.0 Å². The van der Waals surface area contributed by atoms with Crippen molar-refractivity contribution in [2.75, 3.05) is 0 Å². The topological polar surface area (TPSA) is 57.0 Å². The zero-order valence-electron chi connectivity index (χ0n) is 12.3. The fraction of sp³-hybridized carbons (Fsp3) is 0.400. The number of nitrogens with zero attached hydrogens (tertiary/aromatic N) is 3. The minimum Gasteiger partial charge on any atom is -0.490 e. The van der Waals surface area contributed by atoms with Gasteiger partial charge in [-0.25, -0.2) is 14.1 Å². The maximum atomic E-state index is 12.9. The van der Waals surface area contributed by atoms with Gasteiger partial charge in [0, 0.05) is 0 Å². The second kappa shape index (κ2) is 6.03. The molecule has 2 aromatic rings. The van der Waals surface area contributed by atoms with E-state index in [1.54, 1.807) is 12.1 Å². The summed E-state index contributed by atoms with van der Waals surface area (Å²) in [5.41, 5.74) is -0.708. The Morgan fingerprint density at radius 2 is 2.05 bits per heavy atom. The molecule has 5 nitrogen and oxygen atoms in total. The molecule has 112 valence electrons. The number of carbonyl (C=O) groups is 1. The molecule has 1 atom stereocenters. The van der Waals surface area contributed by atoms with Gasteiger partial charge in [-0.15, -0.1) is 0 Å². The van der Waals surface area contributed by atoms with Crippen LogP contribution in [0.3, 0.4) is 0 Å². The molecule has 0 aliphatic carbocycles. The average Bonchev–Trinajstić information content (AvgIpc) is 2.94. The van der Waals surface area contributed by atoms with Gasteiger partial charge in [0.25, 0.3) is 0 Å². The first-order chi connectivity index (χ1) is 9.89. The van der Waals surface area contributed by atoms with E-state index in [9.17, 15) is 9.18 Å². The summed E-state index contributed by atoms with van der Waals surface area (Å²) in [5.74, 6) is 0.199. The quantitative estimate of drug-likeness (QED) is 0.820. The zero-order chi connectivity index (χ0) is 15.5. The van der Waals surface area contributed by atoms with Crippen LogP contribution >= 0.6 is 0 Å². The monoisotopic (exact) mass is 291 g/mol. The number of ketones is 1. The summed E-state index contributed by atoms with van der Waals surface area (Å²) < 4.78 is 20.1. The predicted molar refractivity (Wildman–Crippen MR) is 75.3 cm³/mol. The van der Waals surface area contributed by atoms with E-state index in [1.165, 1.54) is 29.5 Å². The van der Waals surface area contributed by atoms with Crippen LogP contribution in [-0.2, 0) is 11.3 Å². The number of hydrogen-bond donors (Lipinski definition) is 0. The van der Waals surface area contributed by atoms with Gasteiger partial charge in [0.1, 0.15) is 36.9 Å². The Kier molecular flexibility index (Phi) is 4.35. The van der Waals surface area contributed by atoms with Crippen LogP contribution in [0.2, 0.25) is 0 Å². The molecule has 0 saturated heterocycles. The molecule has 1 heterocycles. The Labute approximate surface area is 122 Å². The first kappa shape index (κ1) is 15.2. The lowest BCUT2D eigenvalue weighted by molar-refractivity contribution is -0.132. The van der Waals surface area contributed by atoms with Crippen LogP contribution in [0, 0.1) is 11.2 Å². The number of ether oxygens (including phenoxy) is 1. The Morgan fingerprint density at radius 1 is 1.38 bits per heavy atom. The van der Waals surface area contributed by atoms with Crippen molar-refractivity contribution >= 4 is 5.78 Å². The Morgan fingerprint density at radius 3 is 2.62 bits per heavy atom. The maximum Gasteiger partial charge on any atom is 0.163 e. The number of rotatable bonds is 6. The average molecular weight is 291 g/mol. The molecule has 0 spiro atoms. The second-order valence-electron chi connectivity index (χ2n) is 5.45. The fourth-order valence-corrected chi connectivity index (χ4v) is 1.76. The first-order valence-corrected chi connectivity index (χ1v) is 6.67. The molecule has 0 saturated carbocycles. The lowest BCUT2D eigenvalue weighted by Crippen LogP contribution is -2.41. The van der Waals surface area contributed by atoms with Crippen LogP contribution < -0.4 is 4.74 Å². The van der Waals surface area contributed by atoms with E-state index in [1.807, 2.05) is 20.8 Å². The van der Waals surface area contributed by atoms with Gasteiger partial charge < -0.3 is 4.74 Å². The highest BCUT2D eigenvalue weighted by Crippen LogP contribution is 2.27. The Hall–Kier alpha value is -2.24. The molecule has 0 bridgehead atoms. The summed E-state index contributed by atoms with van der Waals surface area (Å²) in [4.78, 5) is 16.2. The van der Waals surface area contributed by atoms with Crippen molar-refractivity contribution in [3.63, 3.8) is 0 Å². The van der Waals surface area contributed by atoms with E-state index in [2.05, 4.69) is 10.1 Å². The molecule has 21 heavy (non-hydrogen) atoms. The van der Waals surface area contributed by atoms with Gasteiger partial charge in [-0.3, -0.25) is 4.79 Å². The zero-order valence-corrected chi connectivity index (χ0v) is 12.3. The summed E-state index contributed by atoms with van der Waals surface area (Å²) in [5, 5.41) is 3.92. The highest BCUT2D eigenvalue weighted by molar-refractivity contribution is 5.84. The number of benzene rings is 1. The largest absolute Gasteiger partial charge is 0.490 e. The van der Waals surface area contributed by atoms with Crippen molar-refractivity contribution in [1.29, 1.82) is 0 Å². The van der Waals surface area contributed by atoms with Crippen molar-refractivity contribution in [3.8, 4) is 5.75 Å². The van der Waals surface area contributed by atoms with E-state index in [0.717, 1.165) is 0 Å². The van der Waals surface area contributed by atoms with E-state index in [4.69, 9.17) is 4.74 Å². The van der Waals surface area contributed by atoms with E-state index >= 15 is 0 Å². The molecule has 0 amide bonds. The number of hydrogen-bond acceptors (Lipinski definition) is 4. The van der Waals surface area contributed by atoms with E-state index in [-0.39, 0.29) is 24.2 Å². The van der Waals surface area contributed by atoms with Crippen LogP contribution in [0.25, 0.3) is 0 Å². The van der Waals surface area contributed by atoms with Crippen molar-refractivity contribution in [2.24, 2.45) is 5.41 Å². The van der Waals surface area contributed by atoms with Gasteiger partial charge in [0.05, 0.1) is 5.41 Å². The number of aromatic nitrogens is 3. The molecule has 0 aliphatic rings. The number of carbonyl (C=O) groups excluding carboxylic acids is 1. The molecule has 0 fully saturated rings. The number of halogens is 1. The van der Waals surface area contributed by atoms with Crippen LogP contribution in [0.4, 0.5) is 4.39 Å². The minimum absolute atomic E-state index is 0.0115. The summed E-state index contributed by atoms with van der Waals surface area (Å²) >= 11 is 0. The molecular weight excluding hydrogens is 273 g/mol. The highest BCUT2D eigenvalue weighted by atomic mass is 19.1. The van der Waals surface area contributed by atoms with Gasteiger partial charge in [0.2, 0.25) is 0 Å². The van der Waals surface area contributed by atoms with E-state index in [0.29, 0.717) is 5.75 Å². The lowest BCUT2D eigenvalue weighted by Gasteiger charge is -2.30.